The molecule has 2 rings (SSSR count). The molecular formula is C18H17Cl2N3O5S. The fourth-order valence-corrected chi connectivity index (χ4v) is 3.11. The van der Waals surface area contributed by atoms with Gasteiger partial charge in [0.1, 0.15) is 6.54 Å². The Balaban J connectivity index is 1.80. The SMILES string of the molecule is Cc1nc(NC(=O)COC(=O)CNS(=O)(=O)C=Cc2ccccc2)c(Cl)cc1Cl. The fourth-order valence-electron chi connectivity index (χ4n) is 1.95. The van der Waals surface area contributed by atoms with Gasteiger partial charge in [0.25, 0.3) is 5.91 Å². The third-order valence-corrected chi connectivity index (χ3v) is 5.10. The Hall–Kier alpha value is -2.46. The van der Waals surface area contributed by atoms with E-state index in [1.165, 1.54) is 12.1 Å². The Kier molecular flexibility index (Phi) is 8.15. The van der Waals surface area contributed by atoms with Gasteiger partial charge in [-0.1, -0.05) is 53.5 Å². The molecule has 8 nitrogen and oxygen atoms in total. The smallest absolute Gasteiger partial charge is 0.321 e. The summed E-state index contributed by atoms with van der Waals surface area (Å²) in [5, 5.41) is 3.77. The summed E-state index contributed by atoms with van der Waals surface area (Å²) in [5.74, 6) is -1.55. The molecule has 2 aromatic rings. The topological polar surface area (TPSA) is 114 Å². The second kappa shape index (κ2) is 10.4. The van der Waals surface area contributed by atoms with E-state index in [0.29, 0.717) is 16.3 Å². The number of nitrogens with one attached hydrogen (secondary N) is 2. The molecule has 1 heterocycles. The van der Waals surface area contributed by atoms with Crippen LogP contribution < -0.4 is 10.0 Å². The number of carbonyl (C=O) groups is 2. The Labute approximate surface area is 177 Å². The molecule has 0 radical (unpaired) electrons. The van der Waals surface area contributed by atoms with E-state index in [-0.39, 0.29) is 10.8 Å². The van der Waals surface area contributed by atoms with Crippen LogP contribution in [0.25, 0.3) is 6.08 Å². The lowest BCUT2D eigenvalue weighted by molar-refractivity contribution is -0.146. The van der Waals surface area contributed by atoms with Crippen LogP contribution in [0.4, 0.5) is 5.82 Å². The Morgan fingerprint density at radius 1 is 1.17 bits per heavy atom. The van der Waals surface area contributed by atoms with Gasteiger partial charge in [-0.25, -0.2) is 18.1 Å². The van der Waals surface area contributed by atoms with Gasteiger partial charge in [-0.15, -0.1) is 0 Å². The molecule has 29 heavy (non-hydrogen) atoms. The highest BCUT2D eigenvalue weighted by Crippen LogP contribution is 2.25. The summed E-state index contributed by atoms with van der Waals surface area (Å²) >= 11 is 11.8. The van der Waals surface area contributed by atoms with Crippen molar-refractivity contribution >= 4 is 57.0 Å². The first kappa shape index (κ1) is 22.8. The van der Waals surface area contributed by atoms with Crippen LogP contribution in [0.3, 0.4) is 0 Å². The van der Waals surface area contributed by atoms with Gasteiger partial charge < -0.3 is 10.1 Å². The van der Waals surface area contributed by atoms with Crippen molar-refractivity contribution in [3.05, 3.63) is 63.1 Å². The highest BCUT2D eigenvalue weighted by molar-refractivity contribution is 7.92. The number of halogens is 2. The van der Waals surface area contributed by atoms with E-state index in [1.54, 1.807) is 37.3 Å². The van der Waals surface area contributed by atoms with Gasteiger partial charge in [-0.2, -0.15) is 0 Å². The third kappa shape index (κ3) is 7.82. The van der Waals surface area contributed by atoms with Crippen molar-refractivity contribution in [2.45, 2.75) is 6.92 Å². The van der Waals surface area contributed by atoms with Crippen LogP contribution in [0.2, 0.25) is 10.0 Å². The van der Waals surface area contributed by atoms with E-state index in [0.717, 1.165) is 5.41 Å². The summed E-state index contributed by atoms with van der Waals surface area (Å²) in [6.45, 7) is 0.362. The zero-order valence-electron chi connectivity index (χ0n) is 15.2. The van der Waals surface area contributed by atoms with Crippen molar-refractivity contribution in [2.75, 3.05) is 18.5 Å². The number of aromatic nitrogens is 1. The number of nitrogens with zero attached hydrogens (tertiary/aromatic N) is 1. The Morgan fingerprint density at radius 2 is 1.86 bits per heavy atom. The number of ether oxygens (including phenoxy) is 1. The molecule has 154 valence electrons. The molecule has 0 spiro atoms. The summed E-state index contributed by atoms with van der Waals surface area (Å²) in [5.41, 5.74) is 1.14. The van der Waals surface area contributed by atoms with Gasteiger partial charge in [0.2, 0.25) is 10.0 Å². The van der Waals surface area contributed by atoms with Crippen LogP contribution in [0.1, 0.15) is 11.3 Å². The maximum absolute atomic E-state index is 11.9. The number of hydrogen-bond donors (Lipinski definition) is 2. The molecule has 0 saturated carbocycles. The van der Waals surface area contributed by atoms with Crippen molar-refractivity contribution in [2.24, 2.45) is 0 Å². The van der Waals surface area contributed by atoms with Gasteiger partial charge in [-0.3, -0.25) is 9.59 Å². The zero-order valence-corrected chi connectivity index (χ0v) is 17.5. The monoisotopic (exact) mass is 457 g/mol. The molecule has 0 aliphatic heterocycles. The molecule has 0 bridgehead atoms. The molecule has 0 atom stereocenters. The fraction of sp³-hybridized carbons (Fsp3) is 0.167. The van der Waals surface area contributed by atoms with Crippen molar-refractivity contribution < 1.29 is 22.7 Å². The van der Waals surface area contributed by atoms with E-state index in [9.17, 15) is 18.0 Å². The van der Waals surface area contributed by atoms with Crippen LogP contribution in [-0.4, -0.2) is 38.4 Å². The summed E-state index contributed by atoms with van der Waals surface area (Å²) in [6.07, 6.45) is 1.38. The van der Waals surface area contributed by atoms with Crippen LogP contribution in [-0.2, 0) is 24.3 Å². The number of pyridine rings is 1. The maximum atomic E-state index is 11.9. The number of aryl methyl sites for hydroxylation is 1. The van der Waals surface area contributed by atoms with Crippen molar-refractivity contribution in [3.8, 4) is 0 Å². The molecule has 11 heteroatoms. The highest BCUT2D eigenvalue weighted by atomic mass is 35.5. The van der Waals surface area contributed by atoms with E-state index >= 15 is 0 Å². The van der Waals surface area contributed by atoms with Crippen molar-refractivity contribution in [1.82, 2.24) is 9.71 Å². The van der Waals surface area contributed by atoms with E-state index in [4.69, 9.17) is 27.9 Å². The van der Waals surface area contributed by atoms with E-state index in [2.05, 4.69) is 15.0 Å². The first-order valence-electron chi connectivity index (χ1n) is 8.17. The number of anilines is 1. The van der Waals surface area contributed by atoms with Gasteiger partial charge in [0, 0.05) is 5.41 Å². The first-order valence-corrected chi connectivity index (χ1v) is 10.5. The summed E-state index contributed by atoms with van der Waals surface area (Å²) in [4.78, 5) is 27.5. The lowest BCUT2D eigenvalue weighted by Crippen LogP contribution is -2.31. The minimum atomic E-state index is -3.85. The molecule has 1 aromatic heterocycles. The van der Waals surface area contributed by atoms with Crippen LogP contribution >= 0.6 is 23.2 Å². The largest absolute Gasteiger partial charge is 0.455 e. The van der Waals surface area contributed by atoms with Gasteiger partial charge >= 0.3 is 5.97 Å². The lowest BCUT2D eigenvalue weighted by atomic mass is 10.2. The second-order valence-electron chi connectivity index (χ2n) is 5.67. The minimum absolute atomic E-state index is 0.0707. The predicted octanol–water partition coefficient (Wildman–Crippen LogP) is 2.77. The average Bonchev–Trinajstić information content (AvgIpc) is 2.68. The number of sulfonamides is 1. The lowest BCUT2D eigenvalue weighted by Gasteiger charge is -2.09. The molecule has 2 N–H and O–H groups in total. The van der Waals surface area contributed by atoms with Gasteiger partial charge in [0.05, 0.1) is 15.7 Å². The third-order valence-electron chi connectivity index (χ3n) is 3.38. The number of benzene rings is 1. The normalized spacial score (nSPS) is 11.4. The quantitative estimate of drug-likeness (QED) is 0.588. The number of amides is 1. The van der Waals surface area contributed by atoms with E-state index in [1.807, 2.05) is 0 Å². The summed E-state index contributed by atoms with van der Waals surface area (Å²) < 4.78 is 30.5. The standard InChI is InChI=1S/C18H17Cl2N3O5S/c1-12-14(19)9-15(20)18(22-12)23-16(24)11-28-17(25)10-21-29(26,27)8-7-13-5-3-2-4-6-13/h2-9,21H,10-11H2,1H3,(H,22,23,24). The molecule has 1 amide bonds. The van der Waals surface area contributed by atoms with Crippen molar-refractivity contribution in [1.29, 1.82) is 0 Å². The Bertz CT molecular complexity index is 1030. The number of rotatable bonds is 8. The van der Waals surface area contributed by atoms with Crippen LogP contribution in [0.15, 0.2) is 41.8 Å². The average molecular weight is 458 g/mol. The van der Waals surface area contributed by atoms with E-state index < -0.39 is 35.1 Å². The summed E-state index contributed by atoms with van der Waals surface area (Å²) in [7, 11) is -3.85. The highest BCUT2D eigenvalue weighted by Gasteiger charge is 2.14. The number of carbonyl (C=O) groups excluding carboxylic acids is 2. The number of hydrogen-bond acceptors (Lipinski definition) is 6. The van der Waals surface area contributed by atoms with Gasteiger partial charge in [0.15, 0.2) is 12.4 Å². The molecule has 0 unspecified atom stereocenters. The second-order valence-corrected chi connectivity index (χ2v) is 8.14. The first-order chi connectivity index (χ1) is 13.7. The minimum Gasteiger partial charge on any atom is -0.455 e. The molecule has 1 aromatic carbocycles. The molecule has 0 saturated heterocycles. The van der Waals surface area contributed by atoms with Crippen molar-refractivity contribution in [3.63, 3.8) is 0 Å². The maximum Gasteiger partial charge on any atom is 0.321 e. The van der Waals surface area contributed by atoms with Crippen LogP contribution in [0, 0.1) is 6.92 Å². The predicted molar refractivity (Wildman–Crippen MR) is 111 cm³/mol. The molecule has 0 aliphatic carbocycles. The molecule has 0 aliphatic rings. The Morgan fingerprint density at radius 3 is 2.55 bits per heavy atom. The number of esters is 1. The zero-order chi connectivity index (χ0) is 21.4. The molecule has 0 fully saturated rings. The van der Waals surface area contributed by atoms with Crippen LogP contribution in [0.5, 0.6) is 0 Å². The van der Waals surface area contributed by atoms with Gasteiger partial charge in [-0.05, 0) is 24.6 Å². The summed E-state index contributed by atoms with van der Waals surface area (Å²) in [6, 6.07) is 10.2. The molecular weight excluding hydrogens is 441 g/mol.